The van der Waals surface area contributed by atoms with Crippen molar-refractivity contribution in [2.45, 2.75) is 6.42 Å². The average Bonchev–Trinajstić information content (AvgIpc) is 2.19. The number of nitrogen functional groups attached to an aromatic ring is 1. The molecule has 0 amide bonds. The van der Waals surface area contributed by atoms with Crippen LogP contribution in [0.3, 0.4) is 0 Å². The SMILES string of the molecule is COC(=O)Cc1ccc(N)c(Cl)c1Cl. The molecule has 0 unspecified atom stereocenters. The lowest BCUT2D eigenvalue weighted by molar-refractivity contribution is -0.139. The lowest BCUT2D eigenvalue weighted by atomic mass is 10.1. The van der Waals surface area contributed by atoms with Gasteiger partial charge in [0.25, 0.3) is 0 Å². The Morgan fingerprint density at radius 1 is 1.43 bits per heavy atom. The van der Waals surface area contributed by atoms with Gasteiger partial charge in [-0.2, -0.15) is 0 Å². The van der Waals surface area contributed by atoms with Crippen LogP contribution in [0.15, 0.2) is 12.1 Å². The van der Waals surface area contributed by atoms with E-state index < -0.39 is 0 Å². The fourth-order valence-electron chi connectivity index (χ4n) is 0.969. The zero-order chi connectivity index (χ0) is 10.7. The zero-order valence-corrected chi connectivity index (χ0v) is 9.02. The molecule has 1 aromatic rings. The van der Waals surface area contributed by atoms with Gasteiger partial charge in [0.2, 0.25) is 0 Å². The van der Waals surface area contributed by atoms with Gasteiger partial charge in [-0.15, -0.1) is 0 Å². The third-order valence-corrected chi connectivity index (χ3v) is 2.69. The molecule has 0 bridgehead atoms. The number of hydrogen-bond donors (Lipinski definition) is 1. The molecule has 0 spiro atoms. The van der Waals surface area contributed by atoms with E-state index in [2.05, 4.69) is 4.74 Å². The van der Waals surface area contributed by atoms with Crippen LogP contribution in [-0.2, 0) is 16.0 Å². The van der Waals surface area contributed by atoms with Crippen molar-refractivity contribution in [3.8, 4) is 0 Å². The normalized spacial score (nSPS) is 9.93. The number of hydrogen-bond acceptors (Lipinski definition) is 3. The molecule has 76 valence electrons. The number of benzene rings is 1. The maximum absolute atomic E-state index is 11.0. The van der Waals surface area contributed by atoms with E-state index in [0.29, 0.717) is 16.3 Å². The summed E-state index contributed by atoms with van der Waals surface area (Å²) >= 11 is 11.7. The van der Waals surface area contributed by atoms with Crippen LogP contribution >= 0.6 is 23.2 Å². The van der Waals surface area contributed by atoms with Gasteiger partial charge in [0, 0.05) is 0 Å². The van der Waals surface area contributed by atoms with Crippen molar-refractivity contribution in [3.05, 3.63) is 27.7 Å². The van der Waals surface area contributed by atoms with E-state index in [0.717, 1.165) is 0 Å². The molecule has 0 aliphatic carbocycles. The van der Waals surface area contributed by atoms with E-state index in [1.807, 2.05) is 0 Å². The fourth-order valence-corrected chi connectivity index (χ4v) is 1.39. The number of methoxy groups -OCH3 is 1. The molecule has 0 saturated heterocycles. The van der Waals surface area contributed by atoms with E-state index in [1.54, 1.807) is 12.1 Å². The molecular weight excluding hydrogens is 225 g/mol. The van der Waals surface area contributed by atoms with E-state index in [1.165, 1.54) is 7.11 Å². The third kappa shape index (κ3) is 2.30. The number of esters is 1. The van der Waals surface area contributed by atoms with E-state index in [-0.39, 0.29) is 17.4 Å². The predicted octanol–water partition coefficient (Wildman–Crippen LogP) is 2.29. The number of ether oxygens (including phenoxy) is 1. The van der Waals surface area contributed by atoms with Gasteiger partial charge in [-0.25, -0.2) is 0 Å². The summed E-state index contributed by atoms with van der Waals surface area (Å²) in [5.41, 5.74) is 6.52. The average molecular weight is 234 g/mol. The molecule has 2 N–H and O–H groups in total. The summed E-state index contributed by atoms with van der Waals surface area (Å²) in [6, 6.07) is 3.26. The van der Waals surface area contributed by atoms with Gasteiger partial charge in [-0.3, -0.25) is 4.79 Å². The Labute approximate surface area is 91.7 Å². The lowest BCUT2D eigenvalue weighted by Crippen LogP contribution is -2.05. The Morgan fingerprint density at radius 2 is 2.07 bits per heavy atom. The highest BCUT2D eigenvalue weighted by Gasteiger charge is 2.11. The summed E-state index contributed by atoms with van der Waals surface area (Å²) in [6.07, 6.45) is 0.0926. The summed E-state index contributed by atoms with van der Waals surface area (Å²) in [4.78, 5) is 11.0. The van der Waals surface area contributed by atoms with Crippen molar-refractivity contribution in [3.63, 3.8) is 0 Å². The number of carbonyl (C=O) groups excluding carboxylic acids is 1. The van der Waals surface area contributed by atoms with Gasteiger partial charge in [-0.1, -0.05) is 29.3 Å². The van der Waals surface area contributed by atoms with Gasteiger partial charge >= 0.3 is 5.97 Å². The molecule has 0 aromatic heterocycles. The quantitative estimate of drug-likeness (QED) is 0.630. The molecular formula is C9H9Cl2NO2. The number of halogens is 2. The molecule has 0 aliphatic heterocycles. The molecule has 0 fully saturated rings. The summed E-state index contributed by atoms with van der Waals surface area (Å²) in [7, 11) is 1.31. The van der Waals surface area contributed by atoms with Crippen LogP contribution in [0.25, 0.3) is 0 Å². The number of rotatable bonds is 2. The number of anilines is 1. The van der Waals surface area contributed by atoms with Gasteiger partial charge in [0.05, 0.1) is 29.3 Å². The van der Waals surface area contributed by atoms with E-state index in [4.69, 9.17) is 28.9 Å². The first kappa shape index (κ1) is 11.1. The van der Waals surface area contributed by atoms with Crippen LogP contribution < -0.4 is 5.73 Å². The first-order valence-electron chi connectivity index (χ1n) is 3.85. The van der Waals surface area contributed by atoms with E-state index in [9.17, 15) is 4.79 Å². The van der Waals surface area contributed by atoms with Crippen molar-refractivity contribution in [2.75, 3.05) is 12.8 Å². The molecule has 3 nitrogen and oxygen atoms in total. The summed E-state index contributed by atoms with van der Waals surface area (Å²) in [5.74, 6) is -0.368. The molecule has 0 heterocycles. The Morgan fingerprint density at radius 3 is 2.64 bits per heavy atom. The highest BCUT2D eigenvalue weighted by atomic mass is 35.5. The second kappa shape index (κ2) is 4.53. The standard InChI is InChI=1S/C9H9Cl2NO2/c1-14-7(13)4-5-2-3-6(12)9(11)8(5)10/h2-3H,4,12H2,1H3. The first-order valence-corrected chi connectivity index (χ1v) is 4.61. The molecule has 5 heteroatoms. The maximum atomic E-state index is 11.0. The second-order valence-corrected chi connectivity index (χ2v) is 3.45. The Hall–Kier alpha value is -0.930. The third-order valence-electron chi connectivity index (χ3n) is 1.75. The highest BCUT2D eigenvalue weighted by Crippen LogP contribution is 2.31. The zero-order valence-electron chi connectivity index (χ0n) is 7.51. The Bertz CT molecular complexity index is 366. The van der Waals surface area contributed by atoms with Gasteiger partial charge in [-0.05, 0) is 11.6 Å². The van der Waals surface area contributed by atoms with Crippen LogP contribution in [0.1, 0.15) is 5.56 Å². The minimum Gasteiger partial charge on any atom is -0.469 e. The van der Waals surface area contributed by atoms with Crippen LogP contribution in [0.4, 0.5) is 5.69 Å². The van der Waals surface area contributed by atoms with Crippen molar-refractivity contribution in [1.82, 2.24) is 0 Å². The second-order valence-electron chi connectivity index (χ2n) is 2.69. The fraction of sp³-hybridized carbons (Fsp3) is 0.222. The van der Waals surface area contributed by atoms with Crippen LogP contribution in [0.5, 0.6) is 0 Å². The van der Waals surface area contributed by atoms with Crippen molar-refractivity contribution in [1.29, 1.82) is 0 Å². The number of carbonyl (C=O) groups is 1. The predicted molar refractivity (Wildman–Crippen MR) is 56.6 cm³/mol. The molecule has 14 heavy (non-hydrogen) atoms. The lowest BCUT2D eigenvalue weighted by Gasteiger charge is -2.06. The molecule has 0 radical (unpaired) electrons. The molecule has 0 atom stereocenters. The Kier molecular flexibility index (Phi) is 3.61. The van der Waals surface area contributed by atoms with Gasteiger partial charge < -0.3 is 10.5 Å². The molecule has 1 aromatic carbocycles. The smallest absolute Gasteiger partial charge is 0.310 e. The van der Waals surface area contributed by atoms with Crippen molar-refractivity contribution in [2.24, 2.45) is 0 Å². The van der Waals surface area contributed by atoms with Gasteiger partial charge in [0.15, 0.2) is 0 Å². The van der Waals surface area contributed by atoms with E-state index >= 15 is 0 Å². The van der Waals surface area contributed by atoms with Crippen molar-refractivity contribution >= 4 is 34.9 Å². The highest BCUT2D eigenvalue weighted by molar-refractivity contribution is 6.44. The van der Waals surface area contributed by atoms with Crippen molar-refractivity contribution < 1.29 is 9.53 Å². The Balaban J connectivity index is 3.00. The number of nitrogens with two attached hydrogens (primary N) is 1. The molecule has 0 aliphatic rings. The summed E-state index contributed by atoms with van der Waals surface area (Å²) in [6.45, 7) is 0. The van der Waals surface area contributed by atoms with Crippen LogP contribution in [0, 0.1) is 0 Å². The molecule has 0 saturated carbocycles. The minimum absolute atomic E-state index is 0.0926. The monoisotopic (exact) mass is 233 g/mol. The summed E-state index contributed by atoms with van der Waals surface area (Å²) < 4.78 is 4.51. The van der Waals surface area contributed by atoms with Crippen LogP contribution in [-0.4, -0.2) is 13.1 Å². The topological polar surface area (TPSA) is 52.3 Å². The summed E-state index contributed by atoms with van der Waals surface area (Å²) in [5, 5.41) is 0.574. The maximum Gasteiger partial charge on any atom is 0.310 e. The van der Waals surface area contributed by atoms with Crippen LogP contribution in [0.2, 0.25) is 10.0 Å². The first-order chi connectivity index (χ1) is 6.56. The van der Waals surface area contributed by atoms with Gasteiger partial charge in [0.1, 0.15) is 0 Å². The largest absolute Gasteiger partial charge is 0.469 e. The minimum atomic E-state index is -0.368. The molecule has 1 rings (SSSR count).